The standard InChI is InChI=1S/C29H40N6O6S/c1-6-8-25(37)33-11-13-34(14-12-33)29-30-21-16-24(41-5)23(40-4)15-20(21)26(32-29)31-27(38)22-9-7-10-35(22)28(39)18(2)17-42-19(3)36/h15-16,18,22H,6-14,17H2,1-5H3,(H,30,31,32,38). The number of likely N-dealkylation sites (tertiary alicyclic amines) is 1. The van der Waals surface area contributed by atoms with Crippen molar-refractivity contribution in [1.82, 2.24) is 19.8 Å². The smallest absolute Gasteiger partial charge is 0.248 e. The molecule has 1 aromatic heterocycles. The van der Waals surface area contributed by atoms with Gasteiger partial charge in [-0.15, -0.1) is 0 Å². The Kier molecular flexibility index (Phi) is 10.5. The van der Waals surface area contributed by atoms with Gasteiger partial charge in [0, 0.05) is 69.2 Å². The lowest BCUT2D eigenvalue weighted by atomic mass is 10.1. The molecule has 2 atom stereocenters. The number of piperazine rings is 1. The second-order valence-electron chi connectivity index (χ2n) is 10.6. The monoisotopic (exact) mass is 600 g/mol. The molecule has 12 nitrogen and oxygen atoms in total. The summed E-state index contributed by atoms with van der Waals surface area (Å²) >= 11 is 1.11. The molecule has 2 unspecified atom stereocenters. The van der Waals surface area contributed by atoms with Gasteiger partial charge < -0.3 is 29.5 Å². The fraction of sp³-hybridized carbons (Fsp3) is 0.586. The summed E-state index contributed by atoms with van der Waals surface area (Å²) in [6.45, 7) is 7.97. The maximum atomic E-state index is 13.7. The minimum absolute atomic E-state index is 0.0437. The van der Waals surface area contributed by atoms with Crippen LogP contribution in [0.15, 0.2) is 12.1 Å². The van der Waals surface area contributed by atoms with E-state index in [4.69, 9.17) is 19.4 Å². The van der Waals surface area contributed by atoms with E-state index in [2.05, 4.69) is 5.32 Å². The predicted molar refractivity (Wildman–Crippen MR) is 162 cm³/mol. The highest BCUT2D eigenvalue weighted by Crippen LogP contribution is 2.35. The predicted octanol–water partition coefficient (Wildman–Crippen LogP) is 2.94. The highest BCUT2D eigenvalue weighted by Gasteiger charge is 2.36. The molecule has 4 rings (SSSR count). The lowest BCUT2D eigenvalue weighted by Gasteiger charge is -2.35. The quantitative estimate of drug-likeness (QED) is 0.434. The van der Waals surface area contributed by atoms with Gasteiger partial charge in [0.25, 0.3) is 0 Å². The van der Waals surface area contributed by atoms with Crippen molar-refractivity contribution in [3.8, 4) is 11.5 Å². The third-order valence-electron chi connectivity index (χ3n) is 7.61. The molecule has 2 aliphatic heterocycles. The molecule has 2 saturated heterocycles. The van der Waals surface area contributed by atoms with Crippen molar-refractivity contribution in [1.29, 1.82) is 0 Å². The Morgan fingerprint density at radius 3 is 2.38 bits per heavy atom. The Morgan fingerprint density at radius 1 is 1.05 bits per heavy atom. The minimum atomic E-state index is -0.649. The number of ether oxygens (including phenoxy) is 2. The molecule has 1 N–H and O–H groups in total. The van der Waals surface area contributed by atoms with Crippen molar-refractivity contribution < 1.29 is 28.7 Å². The van der Waals surface area contributed by atoms with Crippen molar-refractivity contribution in [2.45, 2.75) is 52.5 Å². The number of methoxy groups -OCH3 is 2. The average Bonchev–Trinajstić information content (AvgIpc) is 3.49. The van der Waals surface area contributed by atoms with Crippen molar-refractivity contribution in [2.75, 3.05) is 62.9 Å². The maximum absolute atomic E-state index is 13.7. The van der Waals surface area contributed by atoms with E-state index in [-0.39, 0.29) is 22.8 Å². The normalized spacial score (nSPS) is 17.7. The summed E-state index contributed by atoms with van der Waals surface area (Å²) < 4.78 is 11.0. The first kappa shape index (κ1) is 31.3. The molecular weight excluding hydrogens is 560 g/mol. The number of anilines is 2. The number of carbonyl (C=O) groups excluding carboxylic acids is 4. The van der Waals surface area contributed by atoms with Gasteiger partial charge in [0.2, 0.25) is 23.7 Å². The molecule has 0 aliphatic carbocycles. The summed E-state index contributed by atoms with van der Waals surface area (Å²) in [5.74, 6) is 1.36. The van der Waals surface area contributed by atoms with Crippen LogP contribution < -0.4 is 19.7 Å². The van der Waals surface area contributed by atoms with Crippen LogP contribution in [0.4, 0.5) is 11.8 Å². The Bertz CT molecular complexity index is 1330. The largest absolute Gasteiger partial charge is 0.493 e. The van der Waals surface area contributed by atoms with Crippen LogP contribution >= 0.6 is 11.8 Å². The number of hydrogen-bond donors (Lipinski definition) is 1. The molecule has 0 spiro atoms. The lowest BCUT2D eigenvalue weighted by molar-refractivity contribution is -0.139. The molecule has 2 aliphatic rings. The van der Waals surface area contributed by atoms with Crippen molar-refractivity contribution in [2.24, 2.45) is 5.92 Å². The molecule has 3 amide bonds. The van der Waals surface area contributed by atoms with Gasteiger partial charge >= 0.3 is 0 Å². The Hall–Kier alpha value is -3.61. The average molecular weight is 601 g/mol. The fourth-order valence-electron chi connectivity index (χ4n) is 5.31. The number of nitrogens with zero attached hydrogens (tertiary/aromatic N) is 5. The van der Waals surface area contributed by atoms with Crippen LogP contribution in [0.25, 0.3) is 10.9 Å². The van der Waals surface area contributed by atoms with Crippen molar-refractivity contribution in [3.63, 3.8) is 0 Å². The minimum Gasteiger partial charge on any atom is -0.493 e. The summed E-state index contributed by atoms with van der Waals surface area (Å²) in [6.07, 6.45) is 2.57. The molecule has 0 radical (unpaired) electrons. The second-order valence-corrected chi connectivity index (χ2v) is 11.8. The molecule has 228 valence electrons. The van der Waals surface area contributed by atoms with Crippen LogP contribution in [0, 0.1) is 5.92 Å². The highest BCUT2D eigenvalue weighted by molar-refractivity contribution is 8.13. The zero-order valence-electron chi connectivity index (χ0n) is 25.0. The Balaban J connectivity index is 1.61. The fourth-order valence-corrected chi connectivity index (χ4v) is 5.94. The van der Waals surface area contributed by atoms with Crippen LogP contribution in [0.3, 0.4) is 0 Å². The molecule has 0 saturated carbocycles. The number of nitrogens with one attached hydrogen (secondary N) is 1. The van der Waals surface area contributed by atoms with E-state index in [0.29, 0.717) is 91.9 Å². The number of thioether (sulfide) groups is 1. The second kappa shape index (κ2) is 14.0. The topological polar surface area (TPSA) is 134 Å². The maximum Gasteiger partial charge on any atom is 0.248 e. The summed E-state index contributed by atoms with van der Waals surface area (Å²) in [7, 11) is 3.08. The number of rotatable bonds is 10. The van der Waals surface area contributed by atoms with Gasteiger partial charge in [-0.3, -0.25) is 19.2 Å². The number of benzene rings is 1. The summed E-state index contributed by atoms with van der Waals surface area (Å²) in [4.78, 5) is 65.7. The molecule has 42 heavy (non-hydrogen) atoms. The van der Waals surface area contributed by atoms with Gasteiger partial charge in [0.05, 0.1) is 19.7 Å². The van der Waals surface area contributed by atoms with E-state index in [1.165, 1.54) is 14.0 Å². The molecule has 2 fully saturated rings. The highest BCUT2D eigenvalue weighted by atomic mass is 32.2. The van der Waals surface area contributed by atoms with E-state index in [9.17, 15) is 19.2 Å². The van der Waals surface area contributed by atoms with E-state index in [0.717, 1.165) is 18.2 Å². The Labute approximate surface area is 250 Å². The van der Waals surface area contributed by atoms with Crippen LogP contribution in [0.5, 0.6) is 11.5 Å². The van der Waals surface area contributed by atoms with Crippen molar-refractivity contribution in [3.05, 3.63) is 12.1 Å². The zero-order chi connectivity index (χ0) is 30.4. The molecule has 0 bridgehead atoms. The first-order valence-corrected chi connectivity index (χ1v) is 15.4. The summed E-state index contributed by atoms with van der Waals surface area (Å²) in [5, 5.41) is 3.51. The van der Waals surface area contributed by atoms with Crippen LogP contribution in [0.2, 0.25) is 0 Å². The van der Waals surface area contributed by atoms with Crippen LogP contribution in [-0.4, -0.2) is 101 Å². The van der Waals surface area contributed by atoms with Gasteiger partial charge in [-0.25, -0.2) is 4.98 Å². The molecule has 2 aromatic rings. The lowest BCUT2D eigenvalue weighted by Crippen LogP contribution is -2.49. The van der Waals surface area contributed by atoms with Gasteiger partial charge in [-0.2, -0.15) is 4.98 Å². The number of fused-ring (bicyclic) bond motifs is 1. The summed E-state index contributed by atoms with van der Waals surface area (Å²) in [6, 6.07) is 2.83. The zero-order valence-corrected chi connectivity index (χ0v) is 25.8. The number of amides is 3. The number of aromatic nitrogens is 2. The first-order chi connectivity index (χ1) is 20.2. The molecule has 13 heteroatoms. The van der Waals surface area contributed by atoms with Gasteiger partial charge in [-0.05, 0) is 25.3 Å². The number of hydrogen-bond acceptors (Lipinski definition) is 10. The molecular formula is C29H40N6O6S. The third-order valence-corrected chi connectivity index (χ3v) is 8.68. The van der Waals surface area contributed by atoms with E-state index in [1.54, 1.807) is 31.1 Å². The van der Waals surface area contributed by atoms with Gasteiger partial charge in [0.1, 0.15) is 11.9 Å². The van der Waals surface area contributed by atoms with Gasteiger partial charge in [0.15, 0.2) is 16.6 Å². The number of carbonyl (C=O) groups is 4. The first-order valence-electron chi connectivity index (χ1n) is 14.4. The van der Waals surface area contributed by atoms with Gasteiger partial charge in [-0.1, -0.05) is 25.6 Å². The van der Waals surface area contributed by atoms with Crippen LogP contribution in [0.1, 0.15) is 46.5 Å². The van der Waals surface area contributed by atoms with Crippen molar-refractivity contribution >= 4 is 57.3 Å². The summed E-state index contributed by atoms with van der Waals surface area (Å²) in [5.41, 5.74) is 0.562. The molecule has 1 aromatic carbocycles. The SMILES string of the molecule is CCCC(=O)N1CCN(c2nc(NC(=O)C3CCCN3C(=O)C(C)CSC(C)=O)c3cc(OC)c(OC)cc3n2)CC1. The molecule has 3 heterocycles. The Morgan fingerprint density at radius 2 is 1.74 bits per heavy atom. The third kappa shape index (κ3) is 7.05. The van der Waals surface area contributed by atoms with E-state index >= 15 is 0 Å². The van der Waals surface area contributed by atoms with Crippen LogP contribution in [-0.2, 0) is 19.2 Å². The van der Waals surface area contributed by atoms with E-state index < -0.39 is 12.0 Å². The van der Waals surface area contributed by atoms with E-state index in [1.807, 2.05) is 16.7 Å².